The minimum atomic E-state index is -0.625. The van der Waals surface area contributed by atoms with Gasteiger partial charge in [-0.1, -0.05) is 12.1 Å². The van der Waals surface area contributed by atoms with Crippen molar-refractivity contribution in [1.82, 2.24) is 10.1 Å². The Morgan fingerprint density at radius 2 is 2.40 bits per heavy atom. The Morgan fingerprint density at radius 3 is 3.00 bits per heavy atom. The second-order valence-corrected chi connectivity index (χ2v) is 3.89. The van der Waals surface area contributed by atoms with Crippen LogP contribution in [0.3, 0.4) is 0 Å². The molecule has 5 nitrogen and oxygen atoms in total. The van der Waals surface area contributed by atoms with E-state index in [2.05, 4.69) is 10.1 Å². The van der Waals surface area contributed by atoms with Gasteiger partial charge in [0, 0.05) is 6.61 Å². The fourth-order valence-electron chi connectivity index (χ4n) is 1.77. The van der Waals surface area contributed by atoms with E-state index in [1.54, 1.807) is 0 Å². The monoisotopic (exact) mass is 212 g/mol. The molecule has 1 saturated heterocycles. The molecule has 15 heavy (non-hydrogen) atoms. The van der Waals surface area contributed by atoms with Crippen LogP contribution in [-0.4, -0.2) is 28.0 Å². The quantitative estimate of drug-likeness (QED) is 0.820. The molecule has 1 aromatic heterocycles. The maximum Gasteiger partial charge on any atom is 0.232 e. The van der Waals surface area contributed by atoms with Gasteiger partial charge < -0.3 is 14.4 Å². The zero-order chi connectivity index (χ0) is 10.8. The van der Waals surface area contributed by atoms with E-state index in [-0.39, 0.29) is 12.0 Å². The highest BCUT2D eigenvalue weighted by molar-refractivity contribution is 5.00. The fraction of sp³-hybridized carbons (Fsp3) is 0.800. The summed E-state index contributed by atoms with van der Waals surface area (Å²) >= 11 is 0. The lowest BCUT2D eigenvalue weighted by molar-refractivity contribution is 0.113. The molecule has 84 valence electrons. The number of aliphatic hydroxyl groups excluding tert-OH is 1. The maximum atomic E-state index is 9.54. The molecule has 2 heterocycles. The van der Waals surface area contributed by atoms with Gasteiger partial charge in [0.05, 0.1) is 12.0 Å². The third kappa shape index (κ3) is 2.03. The number of hydrogen-bond acceptors (Lipinski definition) is 5. The molecular formula is C10H16N2O3. The Balaban J connectivity index is 2.12. The van der Waals surface area contributed by atoms with Crippen LogP contribution in [0.25, 0.3) is 0 Å². The predicted octanol–water partition coefficient (Wildman–Crippen LogP) is 1.41. The molecule has 1 fully saturated rings. The Labute approximate surface area is 88.4 Å². The van der Waals surface area contributed by atoms with Crippen molar-refractivity contribution in [3.8, 4) is 0 Å². The number of aliphatic hydroxyl groups is 1. The molecule has 0 amide bonds. The average Bonchev–Trinajstić information content (AvgIpc) is 2.84. The van der Waals surface area contributed by atoms with Crippen molar-refractivity contribution in [2.45, 2.75) is 44.8 Å². The highest BCUT2D eigenvalue weighted by atomic mass is 16.5. The van der Waals surface area contributed by atoms with Crippen molar-refractivity contribution < 1.29 is 14.4 Å². The van der Waals surface area contributed by atoms with E-state index in [0.717, 1.165) is 13.0 Å². The SMILES string of the molecule is CCC(O)c1noc(C2CCOC2C)n1. The minimum absolute atomic E-state index is 0.122. The highest BCUT2D eigenvalue weighted by Crippen LogP contribution is 2.30. The van der Waals surface area contributed by atoms with Crippen LogP contribution >= 0.6 is 0 Å². The van der Waals surface area contributed by atoms with Crippen LogP contribution in [0.5, 0.6) is 0 Å². The Morgan fingerprint density at radius 1 is 1.60 bits per heavy atom. The van der Waals surface area contributed by atoms with Crippen LogP contribution in [0.4, 0.5) is 0 Å². The number of nitrogens with zero attached hydrogens (tertiary/aromatic N) is 2. The summed E-state index contributed by atoms with van der Waals surface area (Å²) in [4.78, 5) is 4.21. The van der Waals surface area contributed by atoms with Gasteiger partial charge in [-0.05, 0) is 19.8 Å². The second-order valence-electron chi connectivity index (χ2n) is 3.89. The largest absolute Gasteiger partial charge is 0.385 e. The number of aromatic nitrogens is 2. The second kappa shape index (κ2) is 4.28. The summed E-state index contributed by atoms with van der Waals surface area (Å²) in [5.74, 6) is 1.14. The highest BCUT2D eigenvalue weighted by Gasteiger charge is 2.31. The smallest absolute Gasteiger partial charge is 0.232 e. The van der Waals surface area contributed by atoms with Crippen molar-refractivity contribution in [3.63, 3.8) is 0 Å². The van der Waals surface area contributed by atoms with E-state index < -0.39 is 6.10 Å². The van der Waals surface area contributed by atoms with Gasteiger partial charge in [-0.25, -0.2) is 0 Å². The molecule has 0 spiro atoms. The molecule has 1 N–H and O–H groups in total. The number of ether oxygens (including phenoxy) is 1. The summed E-state index contributed by atoms with van der Waals surface area (Å²) < 4.78 is 10.6. The third-order valence-corrected chi connectivity index (χ3v) is 2.84. The lowest BCUT2D eigenvalue weighted by Crippen LogP contribution is -2.09. The summed E-state index contributed by atoms with van der Waals surface area (Å²) in [6.07, 6.45) is 0.998. The molecule has 0 radical (unpaired) electrons. The molecule has 1 aliphatic heterocycles. The van der Waals surface area contributed by atoms with E-state index >= 15 is 0 Å². The summed E-state index contributed by atoms with van der Waals surface area (Å²) in [6.45, 7) is 4.61. The number of rotatable bonds is 3. The third-order valence-electron chi connectivity index (χ3n) is 2.84. The van der Waals surface area contributed by atoms with E-state index in [0.29, 0.717) is 18.1 Å². The van der Waals surface area contributed by atoms with E-state index in [4.69, 9.17) is 9.26 Å². The molecular weight excluding hydrogens is 196 g/mol. The first-order valence-corrected chi connectivity index (χ1v) is 5.35. The topological polar surface area (TPSA) is 68.4 Å². The van der Waals surface area contributed by atoms with Gasteiger partial charge in [-0.3, -0.25) is 0 Å². The Bertz CT molecular complexity index is 326. The van der Waals surface area contributed by atoms with Crippen LogP contribution in [0, 0.1) is 0 Å². The van der Waals surface area contributed by atoms with Crippen LogP contribution in [0.1, 0.15) is 50.4 Å². The molecule has 0 aliphatic carbocycles. The first kappa shape index (κ1) is 10.6. The summed E-state index contributed by atoms with van der Waals surface area (Å²) in [5.41, 5.74) is 0. The Hall–Kier alpha value is -0.940. The molecule has 5 heteroatoms. The van der Waals surface area contributed by atoms with Crippen molar-refractivity contribution in [3.05, 3.63) is 11.7 Å². The molecule has 1 aromatic rings. The molecule has 0 saturated carbocycles. The molecule has 3 unspecified atom stereocenters. The first-order valence-electron chi connectivity index (χ1n) is 5.35. The van der Waals surface area contributed by atoms with E-state index in [9.17, 15) is 5.11 Å². The lowest BCUT2D eigenvalue weighted by Gasteiger charge is -2.07. The standard InChI is InChI=1S/C10H16N2O3/c1-3-8(13)9-11-10(15-12-9)7-4-5-14-6(7)2/h6-8,13H,3-5H2,1-2H3. The van der Waals surface area contributed by atoms with Crippen LogP contribution < -0.4 is 0 Å². The predicted molar refractivity (Wildman–Crippen MR) is 52.3 cm³/mol. The van der Waals surface area contributed by atoms with Gasteiger partial charge in [0.25, 0.3) is 0 Å². The van der Waals surface area contributed by atoms with Gasteiger partial charge in [0.2, 0.25) is 5.89 Å². The zero-order valence-corrected chi connectivity index (χ0v) is 9.01. The van der Waals surface area contributed by atoms with Gasteiger partial charge in [0.1, 0.15) is 6.10 Å². The summed E-state index contributed by atoms with van der Waals surface area (Å²) in [5, 5.41) is 13.3. The molecule has 0 bridgehead atoms. The van der Waals surface area contributed by atoms with Crippen molar-refractivity contribution in [1.29, 1.82) is 0 Å². The maximum absolute atomic E-state index is 9.54. The summed E-state index contributed by atoms with van der Waals surface area (Å²) in [6, 6.07) is 0. The average molecular weight is 212 g/mol. The summed E-state index contributed by atoms with van der Waals surface area (Å²) in [7, 11) is 0. The van der Waals surface area contributed by atoms with Crippen LogP contribution in [0.2, 0.25) is 0 Å². The Kier molecular flexibility index (Phi) is 3.02. The molecule has 1 aliphatic rings. The van der Waals surface area contributed by atoms with Crippen molar-refractivity contribution in [2.24, 2.45) is 0 Å². The van der Waals surface area contributed by atoms with Gasteiger partial charge in [0.15, 0.2) is 5.82 Å². The fourth-order valence-corrected chi connectivity index (χ4v) is 1.77. The molecule has 3 atom stereocenters. The van der Waals surface area contributed by atoms with E-state index in [1.165, 1.54) is 0 Å². The molecule has 2 rings (SSSR count). The normalized spacial score (nSPS) is 28.2. The lowest BCUT2D eigenvalue weighted by atomic mass is 10.0. The van der Waals surface area contributed by atoms with Crippen molar-refractivity contribution >= 4 is 0 Å². The van der Waals surface area contributed by atoms with E-state index in [1.807, 2.05) is 13.8 Å². The zero-order valence-electron chi connectivity index (χ0n) is 9.01. The van der Waals surface area contributed by atoms with Crippen molar-refractivity contribution in [2.75, 3.05) is 6.61 Å². The number of hydrogen-bond donors (Lipinski definition) is 1. The van der Waals surface area contributed by atoms with Crippen LogP contribution in [0.15, 0.2) is 4.52 Å². The first-order chi connectivity index (χ1) is 7.22. The van der Waals surface area contributed by atoms with Gasteiger partial charge in [-0.2, -0.15) is 4.98 Å². The van der Waals surface area contributed by atoms with Crippen LogP contribution in [-0.2, 0) is 4.74 Å². The minimum Gasteiger partial charge on any atom is -0.385 e. The molecule has 0 aromatic carbocycles. The van der Waals surface area contributed by atoms with Gasteiger partial charge >= 0.3 is 0 Å². The van der Waals surface area contributed by atoms with Gasteiger partial charge in [-0.15, -0.1) is 0 Å².